The van der Waals surface area contributed by atoms with Crippen LogP contribution in [0.5, 0.6) is 5.75 Å². The lowest BCUT2D eigenvalue weighted by Gasteiger charge is -2.25. The molecule has 3 amide bonds. The summed E-state index contributed by atoms with van der Waals surface area (Å²) in [6.45, 7) is 0.398. The number of benzene rings is 3. The van der Waals surface area contributed by atoms with Crippen molar-refractivity contribution < 1.29 is 23.5 Å². The van der Waals surface area contributed by atoms with Crippen LogP contribution in [-0.2, 0) is 11.2 Å². The first-order valence-corrected chi connectivity index (χ1v) is 12.9. The maximum absolute atomic E-state index is 14.4. The Morgan fingerprint density at radius 3 is 2.58 bits per heavy atom. The van der Waals surface area contributed by atoms with Gasteiger partial charge in [-0.05, 0) is 55.2 Å². The van der Waals surface area contributed by atoms with Gasteiger partial charge >= 0.3 is 0 Å². The van der Waals surface area contributed by atoms with Gasteiger partial charge in [0.2, 0.25) is 5.91 Å². The minimum absolute atomic E-state index is 0.0732. The first kappa shape index (κ1) is 27.1. The summed E-state index contributed by atoms with van der Waals surface area (Å²) in [5.41, 5.74) is 1.18. The second kappa shape index (κ2) is 13.1. The van der Waals surface area contributed by atoms with E-state index in [4.69, 9.17) is 16.3 Å². The Morgan fingerprint density at radius 1 is 1.03 bits per heavy atom. The van der Waals surface area contributed by atoms with E-state index in [9.17, 15) is 18.8 Å². The molecule has 0 spiro atoms. The summed E-state index contributed by atoms with van der Waals surface area (Å²) in [6, 6.07) is 19.6. The van der Waals surface area contributed by atoms with Gasteiger partial charge in [0.25, 0.3) is 11.8 Å². The number of amides is 3. The summed E-state index contributed by atoms with van der Waals surface area (Å²) in [4.78, 5) is 40.5. The van der Waals surface area contributed by atoms with Crippen LogP contribution < -0.4 is 15.4 Å². The Kier molecular flexibility index (Phi) is 9.32. The Hall–Kier alpha value is -3.91. The van der Waals surface area contributed by atoms with E-state index in [0.717, 1.165) is 5.56 Å². The molecule has 9 heteroatoms. The first-order chi connectivity index (χ1) is 18.4. The van der Waals surface area contributed by atoms with Crippen LogP contribution in [0.3, 0.4) is 0 Å². The van der Waals surface area contributed by atoms with Crippen molar-refractivity contribution >= 4 is 29.3 Å². The lowest BCUT2D eigenvalue weighted by atomic mass is 10.1. The molecule has 3 aromatic rings. The highest BCUT2D eigenvalue weighted by molar-refractivity contribution is 6.31. The molecular weight excluding hydrogens is 509 g/mol. The van der Waals surface area contributed by atoms with Crippen LogP contribution in [0, 0.1) is 5.82 Å². The van der Waals surface area contributed by atoms with Gasteiger partial charge in [0.05, 0.1) is 23.7 Å². The molecule has 2 N–H and O–H groups in total. The van der Waals surface area contributed by atoms with Crippen molar-refractivity contribution in [1.29, 1.82) is 0 Å². The van der Waals surface area contributed by atoms with Crippen molar-refractivity contribution in [2.45, 2.75) is 25.3 Å². The van der Waals surface area contributed by atoms with Crippen molar-refractivity contribution in [3.05, 3.63) is 100 Å². The van der Waals surface area contributed by atoms with Crippen molar-refractivity contribution in [1.82, 2.24) is 15.5 Å². The van der Waals surface area contributed by atoms with Gasteiger partial charge in [0.1, 0.15) is 18.2 Å². The van der Waals surface area contributed by atoms with E-state index in [-0.39, 0.29) is 37.1 Å². The normalized spacial score (nSPS) is 17.2. The molecule has 0 aromatic heterocycles. The summed E-state index contributed by atoms with van der Waals surface area (Å²) < 4.78 is 20.4. The monoisotopic (exact) mass is 537 g/mol. The second-order valence-corrected chi connectivity index (χ2v) is 9.51. The molecular formula is C29H29ClFN3O4. The van der Waals surface area contributed by atoms with E-state index < -0.39 is 17.8 Å². The van der Waals surface area contributed by atoms with E-state index in [0.29, 0.717) is 42.1 Å². The first-order valence-electron chi connectivity index (χ1n) is 12.5. The smallest absolute Gasteiger partial charge is 0.257 e. The predicted octanol–water partition coefficient (Wildman–Crippen LogP) is 4.25. The van der Waals surface area contributed by atoms with Crippen LogP contribution in [-0.4, -0.2) is 54.9 Å². The van der Waals surface area contributed by atoms with Crippen LogP contribution in [0.2, 0.25) is 5.02 Å². The Morgan fingerprint density at radius 2 is 1.79 bits per heavy atom. The maximum Gasteiger partial charge on any atom is 0.257 e. The molecule has 1 heterocycles. The number of halogens is 2. The molecule has 38 heavy (non-hydrogen) atoms. The van der Waals surface area contributed by atoms with Gasteiger partial charge in [0.15, 0.2) is 0 Å². The minimum Gasteiger partial charge on any atom is -0.491 e. The summed E-state index contributed by atoms with van der Waals surface area (Å²) >= 11 is 6.14. The Labute approximate surface area is 225 Å². The van der Waals surface area contributed by atoms with Crippen LogP contribution in [0.1, 0.15) is 39.1 Å². The quantitative estimate of drug-likeness (QED) is 0.523. The van der Waals surface area contributed by atoms with Gasteiger partial charge in [-0.3, -0.25) is 14.4 Å². The third kappa shape index (κ3) is 7.32. The SMILES string of the molecule is O=C1CN(C(=O)c2ccccc2F)CCCCNC(=O)c2cc(Cl)ccc2OC[C@@H](Cc2ccccc2)N1. The van der Waals surface area contributed by atoms with E-state index in [2.05, 4.69) is 10.6 Å². The maximum atomic E-state index is 14.4. The lowest BCUT2D eigenvalue weighted by Crippen LogP contribution is -2.47. The number of carbonyl (C=O) groups is 3. The summed E-state index contributed by atoms with van der Waals surface area (Å²) in [7, 11) is 0. The van der Waals surface area contributed by atoms with Crippen LogP contribution in [0.4, 0.5) is 4.39 Å². The third-order valence-corrected chi connectivity index (χ3v) is 6.42. The molecule has 0 fully saturated rings. The highest BCUT2D eigenvalue weighted by Crippen LogP contribution is 2.23. The highest BCUT2D eigenvalue weighted by Gasteiger charge is 2.24. The fourth-order valence-corrected chi connectivity index (χ4v) is 4.45. The molecule has 0 saturated carbocycles. The molecule has 4 rings (SSSR count). The van der Waals surface area contributed by atoms with E-state index in [1.54, 1.807) is 24.3 Å². The number of ether oxygens (including phenoxy) is 1. The van der Waals surface area contributed by atoms with Gasteiger partial charge in [-0.1, -0.05) is 54.1 Å². The predicted molar refractivity (Wildman–Crippen MR) is 143 cm³/mol. The van der Waals surface area contributed by atoms with Crippen LogP contribution in [0.25, 0.3) is 0 Å². The Balaban J connectivity index is 1.59. The molecule has 7 nitrogen and oxygen atoms in total. The van der Waals surface area contributed by atoms with Gasteiger partial charge in [0, 0.05) is 18.1 Å². The molecule has 1 aliphatic rings. The number of carbonyl (C=O) groups excluding carboxylic acids is 3. The van der Waals surface area contributed by atoms with Gasteiger partial charge in [-0.25, -0.2) is 4.39 Å². The standard InChI is InChI=1S/C29H29ClFN3O4/c30-21-12-13-26-24(17-21)28(36)32-14-6-7-15-34(29(37)23-10-4-5-11-25(23)31)18-27(35)33-22(19-38-26)16-20-8-2-1-3-9-20/h1-5,8-13,17,22H,6-7,14-16,18-19H2,(H,32,36)(H,33,35)/t22-/m1/s1. The van der Waals surface area contributed by atoms with Crippen molar-refractivity contribution in [3.8, 4) is 5.75 Å². The molecule has 1 atom stereocenters. The summed E-state index contributed by atoms with van der Waals surface area (Å²) in [5.74, 6) is -1.58. The zero-order valence-corrected chi connectivity index (χ0v) is 21.5. The second-order valence-electron chi connectivity index (χ2n) is 9.08. The molecule has 0 saturated heterocycles. The van der Waals surface area contributed by atoms with E-state index >= 15 is 0 Å². The highest BCUT2D eigenvalue weighted by atomic mass is 35.5. The minimum atomic E-state index is -0.646. The molecule has 1 aliphatic heterocycles. The molecule has 0 aliphatic carbocycles. The van der Waals surface area contributed by atoms with Crippen molar-refractivity contribution in [2.75, 3.05) is 26.2 Å². The lowest BCUT2D eigenvalue weighted by molar-refractivity contribution is -0.122. The van der Waals surface area contributed by atoms with E-state index in [1.807, 2.05) is 30.3 Å². The summed E-state index contributed by atoms with van der Waals surface area (Å²) in [5, 5.41) is 6.22. The molecule has 0 bridgehead atoms. The van der Waals surface area contributed by atoms with Gasteiger partial charge < -0.3 is 20.3 Å². The number of nitrogens with zero attached hydrogens (tertiary/aromatic N) is 1. The number of nitrogens with one attached hydrogen (secondary N) is 2. The van der Waals surface area contributed by atoms with Gasteiger partial charge in [-0.15, -0.1) is 0 Å². The number of rotatable bonds is 3. The molecule has 3 aromatic carbocycles. The summed E-state index contributed by atoms with van der Waals surface area (Å²) in [6.07, 6.45) is 1.50. The van der Waals surface area contributed by atoms with E-state index in [1.165, 1.54) is 23.1 Å². The topological polar surface area (TPSA) is 87.7 Å². The zero-order valence-electron chi connectivity index (χ0n) is 20.8. The Bertz CT molecular complexity index is 1290. The van der Waals surface area contributed by atoms with Crippen molar-refractivity contribution in [2.24, 2.45) is 0 Å². The number of hydrogen-bond donors (Lipinski definition) is 2. The average Bonchev–Trinajstić information content (AvgIpc) is 2.91. The van der Waals surface area contributed by atoms with Crippen LogP contribution >= 0.6 is 11.6 Å². The average molecular weight is 538 g/mol. The molecule has 0 radical (unpaired) electrons. The van der Waals surface area contributed by atoms with Gasteiger partial charge in [-0.2, -0.15) is 0 Å². The zero-order chi connectivity index (χ0) is 26.9. The fourth-order valence-electron chi connectivity index (χ4n) is 4.27. The molecule has 0 unspecified atom stereocenters. The number of fused-ring (bicyclic) bond motifs is 1. The molecule has 198 valence electrons. The van der Waals surface area contributed by atoms with Crippen LogP contribution in [0.15, 0.2) is 72.8 Å². The number of hydrogen-bond acceptors (Lipinski definition) is 4. The third-order valence-electron chi connectivity index (χ3n) is 6.18. The largest absolute Gasteiger partial charge is 0.491 e. The van der Waals surface area contributed by atoms with Crippen molar-refractivity contribution in [3.63, 3.8) is 0 Å². The fraction of sp³-hybridized carbons (Fsp3) is 0.276.